The maximum Gasteiger partial charge on any atom is 0.272 e. The maximum absolute atomic E-state index is 6.31. The van der Waals surface area contributed by atoms with Crippen molar-refractivity contribution in [3.63, 3.8) is 0 Å². The smallest absolute Gasteiger partial charge is 0.163 e. The van der Waals surface area contributed by atoms with Gasteiger partial charge in [-0.1, -0.05) is 46.4 Å². The molecule has 0 bridgehead atoms. The van der Waals surface area contributed by atoms with E-state index in [1.165, 1.54) is 23.4 Å². The lowest BCUT2D eigenvalue weighted by Crippen LogP contribution is -2.37. The van der Waals surface area contributed by atoms with Gasteiger partial charge in [0.15, 0.2) is 0 Å². The number of fused-ring (bicyclic) bond motifs is 1. The Bertz CT molecular complexity index is 623. The third kappa shape index (κ3) is 2.16. The highest BCUT2D eigenvalue weighted by atomic mass is 35.5. The van der Waals surface area contributed by atoms with Crippen molar-refractivity contribution in [1.29, 1.82) is 0 Å². The quantitative estimate of drug-likeness (QED) is 0.797. The Morgan fingerprint density at radius 3 is 2.47 bits per heavy atom. The van der Waals surface area contributed by atoms with E-state index in [1.54, 1.807) is 12.1 Å². The number of aromatic nitrogens is 2. The van der Waals surface area contributed by atoms with Gasteiger partial charge in [-0.05, 0) is 31.4 Å². The number of aryl methyl sites for hydroxylation is 1. The largest absolute Gasteiger partial charge is 0.272 e. The van der Waals surface area contributed by atoms with Gasteiger partial charge in [0.2, 0.25) is 5.69 Å². The van der Waals surface area contributed by atoms with E-state index >= 15 is 0 Å². The molecule has 1 heterocycles. The lowest BCUT2D eigenvalue weighted by molar-refractivity contribution is -0.662. The summed E-state index contributed by atoms with van der Waals surface area (Å²) >= 11 is 18.6. The Balaban J connectivity index is 2.24. The Hall–Kier alpha value is -0.700. The van der Waals surface area contributed by atoms with Crippen molar-refractivity contribution >= 4 is 34.8 Å². The van der Waals surface area contributed by atoms with Gasteiger partial charge in [-0.15, -0.1) is 0 Å². The molecule has 0 aliphatic heterocycles. The number of hydrogen-bond acceptors (Lipinski definition) is 0. The van der Waals surface area contributed by atoms with Crippen LogP contribution in [0.1, 0.15) is 30.3 Å². The van der Waals surface area contributed by atoms with Crippen molar-refractivity contribution in [2.75, 3.05) is 0 Å². The zero-order valence-electron chi connectivity index (χ0n) is 10.6. The second-order valence-electron chi connectivity index (χ2n) is 4.78. The molecular weight excluding hydrogens is 303 g/mol. The van der Waals surface area contributed by atoms with Crippen molar-refractivity contribution in [3.8, 4) is 5.69 Å². The van der Waals surface area contributed by atoms with Crippen molar-refractivity contribution in [2.45, 2.75) is 32.6 Å². The third-order valence-electron chi connectivity index (χ3n) is 3.63. The standard InChI is InChI=1S/C14H13Cl3N2/c1-2-12-9-4-3-5-13(9)19(18-12)14-10(16)6-8(15)7-11(14)17/h6-7H,2-5H2,1H3/p+1. The van der Waals surface area contributed by atoms with Gasteiger partial charge >= 0.3 is 0 Å². The highest BCUT2D eigenvalue weighted by molar-refractivity contribution is 6.40. The maximum atomic E-state index is 6.31. The van der Waals surface area contributed by atoms with E-state index in [2.05, 4.69) is 12.0 Å². The summed E-state index contributed by atoms with van der Waals surface area (Å²) in [4.78, 5) is 0. The average molecular weight is 317 g/mol. The Kier molecular flexibility index (Phi) is 3.50. The summed E-state index contributed by atoms with van der Waals surface area (Å²) in [5, 5.41) is 5.12. The first-order chi connectivity index (χ1) is 9.11. The number of H-pyrrole nitrogens is 1. The molecule has 3 rings (SSSR count). The average Bonchev–Trinajstić information content (AvgIpc) is 2.90. The van der Waals surface area contributed by atoms with Crippen LogP contribution in [0, 0.1) is 0 Å². The summed E-state index contributed by atoms with van der Waals surface area (Å²) in [6.07, 6.45) is 4.36. The minimum absolute atomic E-state index is 0.554. The normalized spacial score (nSPS) is 13.9. The summed E-state index contributed by atoms with van der Waals surface area (Å²) in [5.74, 6) is 0. The van der Waals surface area contributed by atoms with Gasteiger partial charge in [-0.2, -0.15) is 5.10 Å². The van der Waals surface area contributed by atoms with E-state index in [0.29, 0.717) is 15.1 Å². The fourth-order valence-electron chi connectivity index (χ4n) is 2.80. The van der Waals surface area contributed by atoms with E-state index in [0.717, 1.165) is 24.9 Å². The van der Waals surface area contributed by atoms with Crippen LogP contribution in [-0.2, 0) is 19.3 Å². The van der Waals surface area contributed by atoms with Gasteiger partial charge in [0.1, 0.15) is 10.0 Å². The van der Waals surface area contributed by atoms with Crippen LogP contribution < -0.4 is 4.68 Å². The molecular formula is C14H14Cl3N2+. The molecule has 0 atom stereocenters. The van der Waals surface area contributed by atoms with Gasteiger partial charge in [-0.25, -0.2) is 0 Å². The summed E-state index contributed by atoms with van der Waals surface area (Å²) in [7, 11) is 0. The monoisotopic (exact) mass is 315 g/mol. The molecule has 1 aromatic carbocycles. The van der Waals surface area contributed by atoms with Crippen LogP contribution in [0.2, 0.25) is 15.1 Å². The van der Waals surface area contributed by atoms with E-state index in [9.17, 15) is 0 Å². The first kappa shape index (κ1) is 13.3. The van der Waals surface area contributed by atoms with E-state index in [-0.39, 0.29) is 0 Å². The fraction of sp³-hybridized carbons (Fsp3) is 0.357. The first-order valence-corrected chi connectivity index (χ1v) is 7.54. The lowest BCUT2D eigenvalue weighted by Gasteiger charge is -2.01. The van der Waals surface area contributed by atoms with Crippen LogP contribution >= 0.6 is 34.8 Å². The van der Waals surface area contributed by atoms with Crippen LogP contribution in [0.25, 0.3) is 5.69 Å². The molecule has 2 nitrogen and oxygen atoms in total. The SMILES string of the molecule is CCc1[nH][n+](-c2c(Cl)cc(Cl)cc2Cl)c2c1CCC2. The molecule has 0 saturated carbocycles. The molecule has 0 unspecified atom stereocenters. The van der Waals surface area contributed by atoms with Crippen molar-refractivity contribution in [3.05, 3.63) is 44.2 Å². The molecule has 0 fully saturated rings. The second kappa shape index (κ2) is 5.01. The van der Waals surface area contributed by atoms with Crippen LogP contribution in [0.5, 0.6) is 0 Å². The predicted octanol–water partition coefficient (Wildman–Crippen LogP) is 4.30. The predicted molar refractivity (Wildman–Crippen MR) is 78.8 cm³/mol. The summed E-state index contributed by atoms with van der Waals surface area (Å²) in [6, 6.07) is 3.45. The summed E-state index contributed by atoms with van der Waals surface area (Å²) in [5.41, 5.74) is 4.78. The molecule has 1 N–H and O–H groups in total. The van der Waals surface area contributed by atoms with Crippen molar-refractivity contribution < 1.29 is 4.68 Å². The Morgan fingerprint density at radius 2 is 1.84 bits per heavy atom. The lowest BCUT2D eigenvalue weighted by atomic mass is 10.2. The number of benzene rings is 1. The second-order valence-corrected chi connectivity index (χ2v) is 6.03. The van der Waals surface area contributed by atoms with Gasteiger partial charge in [-0.3, -0.25) is 0 Å². The van der Waals surface area contributed by atoms with Crippen LogP contribution in [0.4, 0.5) is 0 Å². The fourth-order valence-corrected chi connectivity index (χ4v) is 3.79. The molecule has 1 aromatic heterocycles. The van der Waals surface area contributed by atoms with Crippen LogP contribution in [0.3, 0.4) is 0 Å². The number of aromatic amines is 1. The minimum Gasteiger partial charge on any atom is -0.163 e. The topological polar surface area (TPSA) is 19.7 Å². The molecule has 5 heteroatoms. The molecule has 2 aromatic rings. The first-order valence-electron chi connectivity index (χ1n) is 6.41. The molecule has 0 spiro atoms. The minimum atomic E-state index is 0.554. The molecule has 0 saturated heterocycles. The number of nitrogens with one attached hydrogen (secondary N) is 1. The van der Waals surface area contributed by atoms with Gasteiger partial charge < -0.3 is 0 Å². The number of hydrogen-bond donors (Lipinski definition) is 1. The highest BCUT2D eigenvalue weighted by Crippen LogP contribution is 2.31. The Labute approximate surface area is 127 Å². The molecule has 19 heavy (non-hydrogen) atoms. The van der Waals surface area contributed by atoms with Crippen molar-refractivity contribution in [1.82, 2.24) is 5.10 Å². The number of rotatable bonds is 2. The molecule has 0 radical (unpaired) electrons. The zero-order chi connectivity index (χ0) is 13.6. The van der Waals surface area contributed by atoms with Crippen molar-refractivity contribution in [2.24, 2.45) is 0 Å². The Morgan fingerprint density at radius 1 is 1.16 bits per heavy atom. The van der Waals surface area contributed by atoms with Crippen LogP contribution in [0.15, 0.2) is 12.1 Å². The van der Waals surface area contributed by atoms with E-state index in [4.69, 9.17) is 34.8 Å². The molecule has 100 valence electrons. The summed E-state index contributed by atoms with van der Waals surface area (Å²) < 4.78 is 2.03. The highest BCUT2D eigenvalue weighted by Gasteiger charge is 2.32. The van der Waals surface area contributed by atoms with E-state index < -0.39 is 0 Å². The molecule has 1 aliphatic rings. The third-order valence-corrected chi connectivity index (χ3v) is 4.42. The molecule has 0 amide bonds. The van der Waals surface area contributed by atoms with Gasteiger partial charge in [0, 0.05) is 17.0 Å². The number of halogens is 3. The van der Waals surface area contributed by atoms with E-state index in [1.807, 2.05) is 4.68 Å². The molecule has 1 aliphatic carbocycles. The number of nitrogens with zero attached hydrogens (tertiary/aromatic N) is 1. The zero-order valence-corrected chi connectivity index (χ0v) is 12.8. The van der Waals surface area contributed by atoms with Crippen LogP contribution in [-0.4, -0.2) is 5.10 Å². The van der Waals surface area contributed by atoms with Gasteiger partial charge in [0.05, 0.1) is 5.69 Å². The summed E-state index contributed by atoms with van der Waals surface area (Å²) in [6.45, 7) is 2.15. The van der Waals surface area contributed by atoms with Gasteiger partial charge in [0.25, 0.3) is 5.69 Å².